The first-order valence-electron chi connectivity index (χ1n) is 8.00. The van der Waals surface area contributed by atoms with Crippen molar-refractivity contribution < 1.29 is 14.3 Å². The van der Waals surface area contributed by atoms with Crippen LogP contribution in [0.3, 0.4) is 0 Å². The van der Waals surface area contributed by atoms with Crippen LogP contribution in [0.25, 0.3) is 0 Å². The molecular formula is C21H16INO3. The van der Waals surface area contributed by atoms with Gasteiger partial charge in [0.15, 0.2) is 0 Å². The second-order valence-electron chi connectivity index (χ2n) is 5.57. The zero-order chi connectivity index (χ0) is 18.4. The van der Waals surface area contributed by atoms with E-state index >= 15 is 0 Å². The Morgan fingerprint density at radius 2 is 1.50 bits per heavy atom. The Morgan fingerprint density at radius 3 is 2.23 bits per heavy atom. The summed E-state index contributed by atoms with van der Waals surface area (Å²) in [5.41, 5.74) is 2.18. The Bertz CT molecular complexity index is 908. The minimum absolute atomic E-state index is 0.177. The van der Waals surface area contributed by atoms with E-state index in [-0.39, 0.29) is 12.5 Å². The molecule has 1 N–H and O–H groups in total. The van der Waals surface area contributed by atoms with Crippen molar-refractivity contribution in [1.82, 2.24) is 0 Å². The normalized spacial score (nSPS) is 10.2. The highest BCUT2D eigenvalue weighted by atomic mass is 127. The smallest absolute Gasteiger partial charge is 0.340 e. The number of rotatable bonds is 5. The second kappa shape index (κ2) is 8.62. The number of amides is 1. The van der Waals surface area contributed by atoms with Crippen LogP contribution in [0, 0.1) is 3.57 Å². The zero-order valence-electron chi connectivity index (χ0n) is 13.8. The molecule has 4 nitrogen and oxygen atoms in total. The maximum absolute atomic E-state index is 12.4. The molecule has 0 heterocycles. The fraction of sp³-hybridized carbons (Fsp3) is 0.0476. The number of halogens is 1. The highest BCUT2D eigenvalue weighted by molar-refractivity contribution is 14.1. The van der Waals surface area contributed by atoms with Crippen molar-refractivity contribution in [2.24, 2.45) is 0 Å². The Labute approximate surface area is 165 Å². The van der Waals surface area contributed by atoms with Gasteiger partial charge in [0.2, 0.25) is 0 Å². The van der Waals surface area contributed by atoms with Crippen LogP contribution < -0.4 is 5.32 Å². The summed E-state index contributed by atoms with van der Waals surface area (Å²) in [5.74, 6) is -0.754. The molecule has 1 amide bonds. The van der Waals surface area contributed by atoms with Crippen LogP contribution in [0.1, 0.15) is 26.3 Å². The monoisotopic (exact) mass is 457 g/mol. The fourth-order valence-electron chi connectivity index (χ4n) is 2.36. The van der Waals surface area contributed by atoms with Crippen LogP contribution in [0.15, 0.2) is 78.9 Å². The van der Waals surface area contributed by atoms with Crippen molar-refractivity contribution in [2.75, 3.05) is 5.32 Å². The molecule has 0 fully saturated rings. The number of anilines is 1. The van der Waals surface area contributed by atoms with E-state index in [2.05, 4.69) is 27.9 Å². The van der Waals surface area contributed by atoms with E-state index in [1.54, 1.807) is 48.5 Å². The number of ether oxygens (including phenoxy) is 1. The molecule has 3 aromatic carbocycles. The van der Waals surface area contributed by atoms with Crippen LogP contribution in [-0.4, -0.2) is 11.9 Å². The number of carbonyl (C=O) groups excluding carboxylic acids is 2. The molecule has 0 radical (unpaired) electrons. The molecule has 3 rings (SSSR count). The van der Waals surface area contributed by atoms with Crippen LogP contribution in [0.4, 0.5) is 5.69 Å². The Morgan fingerprint density at radius 1 is 0.846 bits per heavy atom. The van der Waals surface area contributed by atoms with Gasteiger partial charge in [0.05, 0.1) is 11.3 Å². The van der Waals surface area contributed by atoms with E-state index < -0.39 is 5.97 Å². The fourth-order valence-corrected chi connectivity index (χ4v) is 2.72. The number of esters is 1. The molecule has 3 aromatic rings. The van der Waals surface area contributed by atoms with Gasteiger partial charge in [0.1, 0.15) is 6.61 Å². The number of carbonyl (C=O) groups is 2. The summed E-state index contributed by atoms with van der Waals surface area (Å²) in [6, 6.07) is 23.4. The van der Waals surface area contributed by atoms with Crippen molar-refractivity contribution in [1.29, 1.82) is 0 Å². The number of benzene rings is 3. The summed E-state index contributed by atoms with van der Waals surface area (Å²) in [6.07, 6.45) is 0. The Balaban J connectivity index is 1.70. The third-order valence-electron chi connectivity index (χ3n) is 3.71. The lowest BCUT2D eigenvalue weighted by Crippen LogP contribution is -2.15. The van der Waals surface area contributed by atoms with Crippen LogP contribution >= 0.6 is 22.6 Å². The molecular weight excluding hydrogens is 441 g/mol. The maximum atomic E-state index is 12.4. The van der Waals surface area contributed by atoms with E-state index in [4.69, 9.17) is 4.74 Å². The van der Waals surface area contributed by atoms with Gasteiger partial charge in [-0.1, -0.05) is 42.5 Å². The first-order valence-corrected chi connectivity index (χ1v) is 9.08. The summed E-state index contributed by atoms with van der Waals surface area (Å²) >= 11 is 2.22. The van der Waals surface area contributed by atoms with Gasteiger partial charge in [-0.05, 0) is 64.6 Å². The summed E-state index contributed by atoms with van der Waals surface area (Å²) in [5, 5.41) is 2.77. The average Bonchev–Trinajstić information content (AvgIpc) is 2.68. The topological polar surface area (TPSA) is 55.4 Å². The van der Waals surface area contributed by atoms with Gasteiger partial charge >= 0.3 is 5.97 Å². The third-order valence-corrected chi connectivity index (χ3v) is 4.43. The van der Waals surface area contributed by atoms with E-state index in [0.29, 0.717) is 16.8 Å². The molecule has 5 heteroatoms. The molecule has 0 atom stereocenters. The standard InChI is InChI=1S/C21H16INO3/c22-17-12-10-15(11-13-17)14-26-21(25)18-8-4-5-9-19(18)23-20(24)16-6-2-1-3-7-16/h1-13H,14H2,(H,23,24). The van der Waals surface area contributed by atoms with Crippen LogP contribution in [0.2, 0.25) is 0 Å². The van der Waals surface area contributed by atoms with Crippen molar-refractivity contribution in [2.45, 2.75) is 6.61 Å². The van der Waals surface area contributed by atoms with Crippen molar-refractivity contribution in [3.8, 4) is 0 Å². The predicted molar refractivity (Wildman–Crippen MR) is 109 cm³/mol. The zero-order valence-corrected chi connectivity index (χ0v) is 16.0. The maximum Gasteiger partial charge on any atom is 0.340 e. The molecule has 26 heavy (non-hydrogen) atoms. The quantitative estimate of drug-likeness (QED) is 0.438. The predicted octanol–water partition coefficient (Wildman–Crippen LogP) is 4.90. The lowest BCUT2D eigenvalue weighted by Gasteiger charge is -2.11. The van der Waals surface area contributed by atoms with E-state index in [9.17, 15) is 9.59 Å². The summed E-state index contributed by atoms with van der Waals surface area (Å²) in [6.45, 7) is 0.177. The summed E-state index contributed by atoms with van der Waals surface area (Å²) < 4.78 is 6.51. The first kappa shape index (κ1) is 18.1. The molecule has 0 unspecified atom stereocenters. The van der Waals surface area contributed by atoms with Crippen molar-refractivity contribution >= 4 is 40.2 Å². The molecule has 130 valence electrons. The van der Waals surface area contributed by atoms with E-state index in [1.165, 1.54) is 0 Å². The number of hydrogen-bond acceptors (Lipinski definition) is 3. The summed E-state index contributed by atoms with van der Waals surface area (Å²) in [7, 11) is 0. The van der Waals surface area contributed by atoms with Gasteiger partial charge < -0.3 is 10.1 Å². The van der Waals surface area contributed by atoms with Gasteiger partial charge in [-0.2, -0.15) is 0 Å². The van der Waals surface area contributed by atoms with Crippen molar-refractivity contribution in [3.63, 3.8) is 0 Å². The van der Waals surface area contributed by atoms with E-state index in [0.717, 1.165) is 9.13 Å². The van der Waals surface area contributed by atoms with Gasteiger partial charge in [0.25, 0.3) is 5.91 Å². The average molecular weight is 457 g/mol. The van der Waals surface area contributed by atoms with Crippen LogP contribution in [-0.2, 0) is 11.3 Å². The molecule has 0 aliphatic carbocycles. The molecule has 0 saturated carbocycles. The van der Waals surface area contributed by atoms with Crippen LogP contribution in [0.5, 0.6) is 0 Å². The van der Waals surface area contributed by atoms with Gasteiger partial charge in [-0.25, -0.2) is 4.79 Å². The minimum Gasteiger partial charge on any atom is -0.457 e. The second-order valence-corrected chi connectivity index (χ2v) is 6.81. The molecule has 0 aliphatic rings. The highest BCUT2D eigenvalue weighted by Gasteiger charge is 2.15. The Kier molecular flexibility index (Phi) is 6.01. The molecule has 0 bridgehead atoms. The minimum atomic E-state index is -0.479. The summed E-state index contributed by atoms with van der Waals surface area (Å²) in [4.78, 5) is 24.8. The molecule has 0 saturated heterocycles. The highest BCUT2D eigenvalue weighted by Crippen LogP contribution is 2.18. The number of para-hydroxylation sites is 1. The third kappa shape index (κ3) is 4.70. The molecule has 0 aromatic heterocycles. The Hall–Kier alpha value is -2.67. The van der Waals surface area contributed by atoms with Gasteiger partial charge in [0, 0.05) is 9.13 Å². The lowest BCUT2D eigenvalue weighted by atomic mass is 10.1. The van der Waals surface area contributed by atoms with Gasteiger partial charge in [-0.3, -0.25) is 4.79 Å². The van der Waals surface area contributed by atoms with Gasteiger partial charge in [-0.15, -0.1) is 0 Å². The first-order chi connectivity index (χ1) is 12.6. The number of nitrogens with one attached hydrogen (secondary N) is 1. The SMILES string of the molecule is O=C(Nc1ccccc1C(=O)OCc1ccc(I)cc1)c1ccccc1. The molecule has 0 aliphatic heterocycles. The lowest BCUT2D eigenvalue weighted by molar-refractivity contribution is 0.0474. The number of hydrogen-bond donors (Lipinski definition) is 1. The molecule has 0 spiro atoms. The van der Waals surface area contributed by atoms with E-state index in [1.807, 2.05) is 30.3 Å². The van der Waals surface area contributed by atoms with Crippen molar-refractivity contribution in [3.05, 3.63) is 99.1 Å². The largest absolute Gasteiger partial charge is 0.457 e.